The number of rotatable bonds is 6. The fourth-order valence-electron chi connectivity index (χ4n) is 2.89. The van der Waals surface area contributed by atoms with Gasteiger partial charge in [0.05, 0.1) is 4.90 Å². The van der Waals surface area contributed by atoms with Crippen LogP contribution in [0, 0.1) is 12.7 Å². The molecule has 0 saturated heterocycles. The number of urea groups is 1. The van der Waals surface area contributed by atoms with Gasteiger partial charge in [-0.25, -0.2) is 22.7 Å². The smallest absolute Gasteiger partial charge is 0.316 e. The third-order valence-electron chi connectivity index (χ3n) is 4.48. The molecule has 0 radical (unpaired) electrons. The Kier molecular flexibility index (Phi) is 6.49. The molecule has 0 aliphatic heterocycles. The van der Waals surface area contributed by atoms with Crippen LogP contribution in [0.3, 0.4) is 0 Å². The Morgan fingerprint density at radius 3 is 2.07 bits per heavy atom. The molecule has 3 aromatic rings. The summed E-state index contributed by atoms with van der Waals surface area (Å²) in [7, 11) is -3.79. The maximum atomic E-state index is 13.5. The zero-order valence-electron chi connectivity index (χ0n) is 16.4. The molecule has 0 aromatic heterocycles. The molecule has 3 rings (SSSR count). The van der Waals surface area contributed by atoms with Crippen LogP contribution in [0.5, 0.6) is 0 Å². The highest BCUT2D eigenvalue weighted by atomic mass is 32.2. The lowest BCUT2D eigenvalue weighted by Gasteiger charge is -2.24. The Hall–Kier alpha value is -3.23. The Morgan fingerprint density at radius 1 is 0.967 bits per heavy atom. The monoisotopic (exact) mass is 427 g/mol. The largest absolute Gasteiger partial charge is 0.322 e. The molecule has 0 atom stereocenters. The molecule has 0 saturated carbocycles. The van der Waals surface area contributed by atoms with E-state index in [-0.39, 0.29) is 11.4 Å². The molecule has 0 unspecified atom stereocenters. The molecule has 0 aliphatic carbocycles. The van der Waals surface area contributed by atoms with Gasteiger partial charge in [-0.2, -0.15) is 0 Å². The molecule has 156 valence electrons. The number of aryl methyl sites for hydroxylation is 1. The van der Waals surface area contributed by atoms with Gasteiger partial charge in [-0.15, -0.1) is 0 Å². The Balaban J connectivity index is 1.82. The first-order valence-corrected chi connectivity index (χ1v) is 10.7. The molecule has 0 heterocycles. The van der Waals surface area contributed by atoms with Crippen molar-refractivity contribution in [3.8, 4) is 0 Å². The Labute approximate surface area is 175 Å². The van der Waals surface area contributed by atoms with Gasteiger partial charge in [-0.3, -0.25) is 0 Å². The minimum absolute atomic E-state index is 0.000506. The van der Waals surface area contributed by atoms with Crippen molar-refractivity contribution in [3.63, 3.8) is 0 Å². The first-order chi connectivity index (χ1) is 14.2. The normalized spacial score (nSPS) is 11.2. The minimum Gasteiger partial charge on any atom is -0.316 e. The van der Waals surface area contributed by atoms with E-state index in [4.69, 9.17) is 5.14 Å². The lowest BCUT2D eigenvalue weighted by molar-refractivity contribution is 0.206. The van der Waals surface area contributed by atoms with E-state index in [0.29, 0.717) is 12.2 Å². The average Bonchev–Trinajstić information content (AvgIpc) is 2.69. The quantitative estimate of drug-likeness (QED) is 0.622. The van der Waals surface area contributed by atoms with Gasteiger partial charge in [0.15, 0.2) is 0 Å². The number of primary sulfonamides is 1. The molecular formula is C22H22FN3O3S. The summed E-state index contributed by atoms with van der Waals surface area (Å²) in [6.45, 7) is 2.52. The van der Waals surface area contributed by atoms with Crippen molar-refractivity contribution in [2.45, 2.75) is 24.9 Å². The van der Waals surface area contributed by atoms with Gasteiger partial charge in [0, 0.05) is 18.8 Å². The molecule has 30 heavy (non-hydrogen) atoms. The molecule has 0 spiro atoms. The van der Waals surface area contributed by atoms with Crippen LogP contribution < -0.4 is 10.5 Å². The second-order valence-electron chi connectivity index (χ2n) is 6.97. The number of carbonyl (C=O) groups is 1. The van der Waals surface area contributed by atoms with E-state index in [1.54, 1.807) is 23.1 Å². The van der Waals surface area contributed by atoms with Crippen LogP contribution >= 0.6 is 0 Å². The average molecular weight is 428 g/mol. The molecule has 0 bridgehead atoms. The third-order valence-corrected chi connectivity index (χ3v) is 5.41. The second-order valence-corrected chi connectivity index (χ2v) is 8.53. The van der Waals surface area contributed by atoms with Crippen molar-refractivity contribution in [1.82, 2.24) is 4.90 Å². The standard InChI is InChI=1S/C22H22FN3O3S/c1-16-5-7-17(8-6-16)14-26(22(27)25-20-4-2-3-19(23)13-20)15-18-9-11-21(12-10-18)30(24,28)29/h2-13H,14-15H2,1H3,(H,25,27)(H2,24,28,29). The van der Waals surface area contributed by atoms with Crippen LogP contribution in [0.4, 0.5) is 14.9 Å². The van der Waals surface area contributed by atoms with Gasteiger partial charge in [-0.05, 0) is 48.4 Å². The van der Waals surface area contributed by atoms with E-state index < -0.39 is 21.9 Å². The molecule has 8 heteroatoms. The van der Waals surface area contributed by atoms with Crippen LogP contribution in [-0.2, 0) is 23.1 Å². The van der Waals surface area contributed by atoms with Gasteiger partial charge in [0.2, 0.25) is 10.0 Å². The number of carbonyl (C=O) groups excluding carboxylic acids is 1. The maximum Gasteiger partial charge on any atom is 0.322 e. The van der Waals surface area contributed by atoms with Crippen molar-refractivity contribution < 1.29 is 17.6 Å². The van der Waals surface area contributed by atoms with Crippen LogP contribution in [0.1, 0.15) is 16.7 Å². The summed E-state index contributed by atoms with van der Waals surface area (Å²) in [4.78, 5) is 14.5. The predicted octanol–water partition coefficient (Wildman–Crippen LogP) is 4.02. The number of benzene rings is 3. The van der Waals surface area contributed by atoms with E-state index in [9.17, 15) is 17.6 Å². The first-order valence-electron chi connectivity index (χ1n) is 9.19. The minimum atomic E-state index is -3.79. The number of amides is 2. The molecule has 3 N–H and O–H groups in total. The van der Waals surface area contributed by atoms with Crippen LogP contribution in [-0.4, -0.2) is 19.3 Å². The van der Waals surface area contributed by atoms with Crippen molar-refractivity contribution >= 4 is 21.7 Å². The number of halogens is 1. The summed E-state index contributed by atoms with van der Waals surface area (Å²) in [5.41, 5.74) is 3.10. The zero-order chi connectivity index (χ0) is 21.7. The summed E-state index contributed by atoms with van der Waals surface area (Å²) >= 11 is 0. The number of nitrogens with one attached hydrogen (secondary N) is 1. The number of hydrogen-bond donors (Lipinski definition) is 2. The highest BCUT2D eigenvalue weighted by Crippen LogP contribution is 2.16. The van der Waals surface area contributed by atoms with E-state index in [1.165, 1.54) is 30.3 Å². The fourth-order valence-corrected chi connectivity index (χ4v) is 3.40. The zero-order valence-corrected chi connectivity index (χ0v) is 17.2. The summed E-state index contributed by atoms with van der Waals surface area (Å²) in [5.74, 6) is -0.448. The summed E-state index contributed by atoms with van der Waals surface area (Å²) in [6.07, 6.45) is 0. The Morgan fingerprint density at radius 2 is 1.53 bits per heavy atom. The van der Waals surface area contributed by atoms with E-state index in [0.717, 1.165) is 16.7 Å². The topological polar surface area (TPSA) is 92.5 Å². The lowest BCUT2D eigenvalue weighted by atomic mass is 10.1. The van der Waals surface area contributed by atoms with Crippen molar-refractivity contribution in [1.29, 1.82) is 0 Å². The number of sulfonamides is 1. The van der Waals surface area contributed by atoms with Gasteiger partial charge in [0.25, 0.3) is 0 Å². The molecule has 0 fully saturated rings. The molecule has 0 aliphatic rings. The molecular weight excluding hydrogens is 405 g/mol. The van der Waals surface area contributed by atoms with E-state index in [1.807, 2.05) is 31.2 Å². The summed E-state index contributed by atoms with van der Waals surface area (Å²) < 4.78 is 36.4. The van der Waals surface area contributed by atoms with E-state index >= 15 is 0 Å². The third kappa shape index (κ3) is 5.88. The second kappa shape index (κ2) is 9.06. The van der Waals surface area contributed by atoms with Gasteiger partial charge >= 0.3 is 6.03 Å². The fraction of sp³-hybridized carbons (Fsp3) is 0.136. The number of nitrogens with two attached hydrogens (primary N) is 1. The highest BCUT2D eigenvalue weighted by molar-refractivity contribution is 7.89. The first kappa shape index (κ1) is 21.5. The van der Waals surface area contributed by atoms with Crippen LogP contribution in [0.15, 0.2) is 77.7 Å². The van der Waals surface area contributed by atoms with Gasteiger partial charge < -0.3 is 10.2 Å². The van der Waals surface area contributed by atoms with Crippen molar-refractivity contribution in [2.24, 2.45) is 5.14 Å². The highest BCUT2D eigenvalue weighted by Gasteiger charge is 2.16. The van der Waals surface area contributed by atoms with Crippen molar-refractivity contribution in [3.05, 3.63) is 95.3 Å². The predicted molar refractivity (Wildman–Crippen MR) is 114 cm³/mol. The number of nitrogens with zero attached hydrogens (tertiary/aromatic N) is 1. The summed E-state index contributed by atoms with van der Waals surface area (Å²) in [5, 5.41) is 7.84. The maximum absolute atomic E-state index is 13.5. The molecule has 2 amide bonds. The number of hydrogen-bond acceptors (Lipinski definition) is 3. The Bertz CT molecular complexity index is 1130. The van der Waals surface area contributed by atoms with Crippen LogP contribution in [0.25, 0.3) is 0 Å². The molecule has 3 aromatic carbocycles. The van der Waals surface area contributed by atoms with E-state index in [2.05, 4.69) is 5.32 Å². The SMILES string of the molecule is Cc1ccc(CN(Cc2ccc(S(N)(=O)=O)cc2)C(=O)Nc2cccc(F)c2)cc1. The van der Waals surface area contributed by atoms with Crippen LogP contribution in [0.2, 0.25) is 0 Å². The molecule has 6 nitrogen and oxygen atoms in total. The van der Waals surface area contributed by atoms with Gasteiger partial charge in [-0.1, -0.05) is 48.0 Å². The van der Waals surface area contributed by atoms with Crippen molar-refractivity contribution in [2.75, 3.05) is 5.32 Å². The number of anilines is 1. The van der Waals surface area contributed by atoms with Gasteiger partial charge in [0.1, 0.15) is 5.82 Å². The summed E-state index contributed by atoms with van der Waals surface area (Å²) in [6, 6.07) is 19.1. The lowest BCUT2D eigenvalue weighted by Crippen LogP contribution is -2.34.